The van der Waals surface area contributed by atoms with Gasteiger partial charge >= 0.3 is 0 Å². The number of aliphatic hydroxyl groups is 1. The van der Waals surface area contributed by atoms with Gasteiger partial charge in [-0.1, -0.05) is 23.7 Å². The normalized spacial score (nSPS) is 18.1. The molecule has 2 aliphatic heterocycles. The summed E-state index contributed by atoms with van der Waals surface area (Å²) >= 11 is 6.41. The quantitative estimate of drug-likeness (QED) is 0.272. The Balaban J connectivity index is 1.70. The maximum absolute atomic E-state index is 13.5. The van der Waals surface area contributed by atoms with Gasteiger partial charge in [0.05, 0.1) is 30.4 Å². The number of ether oxygens (including phenoxy) is 4. The topological polar surface area (TPSA) is 94.5 Å². The van der Waals surface area contributed by atoms with Crippen molar-refractivity contribution in [3.05, 3.63) is 82.4 Å². The van der Waals surface area contributed by atoms with Crippen molar-refractivity contribution in [3.8, 4) is 23.0 Å². The van der Waals surface area contributed by atoms with Gasteiger partial charge in [-0.3, -0.25) is 14.5 Å². The number of nitrogens with zero attached hydrogens (tertiary/aromatic N) is 1. The van der Waals surface area contributed by atoms with Crippen LogP contribution in [0.1, 0.15) is 24.1 Å². The lowest BCUT2D eigenvalue weighted by molar-refractivity contribution is -0.132. The molecule has 2 aliphatic rings. The third kappa shape index (κ3) is 4.44. The monoisotopic (exact) mass is 521 g/mol. The van der Waals surface area contributed by atoms with Crippen LogP contribution in [-0.4, -0.2) is 43.7 Å². The summed E-state index contributed by atoms with van der Waals surface area (Å²) < 4.78 is 22.1. The molecule has 37 heavy (non-hydrogen) atoms. The summed E-state index contributed by atoms with van der Waals surface area (Å²) in [5.74, 6) is 0.0506. The lowest BCUT2D eigenvalue weighted by atomic mass is 9.95. The molecule has 3 aromatic carbocycles. The lowest BCUT2D eigenvalue weighted by Crippen LogP contribution is -2.29. The van der Waals surface area contributed by atoms with Crippen LogP contribution in [0.2, 0.25) is 5.02 Å². The summed E-state index contributed by atoms with van der Waals surface area (Å²) in [6, 6.07) is 15.8. The van der Waals surface area contributed by atoms with Crippen LogP contribution in [-0.2, 0) is 9.59 Å². The van der Waals surface area contributed by atoms with Crippen LogP contribution in [0.4, 0.5) is 5.69 Å². The van der Waals surface area contributed by atoms with Gasteiger partial charge in [0.25, 0.3) is 11.7 Å². The molecule has 1 amide bonds. The first-order valence-electron chi connectivity index (χ1n) is 11.7. The summed E-state index contributed by atoms with van der Waals surface area (Å²) in [6.45, 7) is 3.02. The fraction of sp³-hybridized carbons (Fsp3) is 0.214. The van der Waals surface area contributed by atoms with E-state index in [0.29, 0.717) is 54.1 Å². The fourth-order valence-corrected chi connectivity index (χ4v) is 4.68. The molecule has 5 rings (SSSR count). The summed E-state index contributed by atoms with van der Waals surface area (Å²) in [6.07, 6.45) is 0. The minimum Gasteiger partial charge on any atom is -0.507 e. The second kappa shape index (κ2) is 10.1. The Morgan fingerprint density at radius 2 is 1.70 bits per heavy atom. The van der Waals surface area contributed by atoms with Gasteiger partial charge in [0.2, 0.25) is 0 Å². The van der Waals surface area contributed by atoms with Gasteiger partial charge in [0.15, 0.2) is 11.5 Å². The largest absolute Gasteiger partial charge is 0.507 e. The molecule has 1 atom stereocenters. The molecule has 8 nitrogen and oxygen atoms in total. The summed E-state index contributed by atoms with van der Waals surface area (Å²) in [4.78, 5) is 28.3. The van der Waals surface area contributed by atoms with E-state index in [1.807, 2.05) is 6.92 Å². The van der Waals surface area contributed by atoms with Crippen molar-refractivity contribution in [3.63, 3.8) is 0 Å². The number of halogens is 1. The summed E-state index contributed by atoms with van der Waals surface area (Å²) in [5, 5.41) is 11.7. The van der Waals surface area contributed by atoms with E-state index < -0.39 is 23.5 Å². The Hall–Kier alpha value is -4.17. The molecule has 0 aliphatic carbocycles. The van der Waals surface area contributed by atoms with E-state index in [1.54, 1.807) is 67.8 Å². The average Bonchev–Trinajstić information content (AvgIpc) is 3.19. The molecule has 1 N–H and O–H groups in total. The van der Waals surface area contributed by atoms with E-state index in [2.05, 4.69) is 0 Å². The van der Waals surface area contributed by atoms with Gasteiger partial charge in [0, 0.05) is 17.3 Å². The van der Waals surface area contributed by atoms with E-state index in [9.17, 15) is 14.7 Å². The van der Waals surface area contributed by atoms with Gasteiger partial charge in [-0.05, 0) is 55.0 Å². The lowest BCUT2D eigenvalue weighted by Gasteiger charge is -2.27. The minimum absolute atomic E-state index is 0.0967. The molecule has 0 bridgehead atoms. The van der Waals surface area contributed by atoms with Gasteiger partial charge in [-0.2, -0.15) is 0 Å². The van der Waals surface area contributed by atoms with Crippen LogP contribution < -0.4 is 23.8 Å². The van der Waals surface area contributed by atoms with E-state index in [4.69, 9.17) is 30.5 Å². The van der Waals surface area contributed by atoms with Crippen molar-refractivity contribution in [2.45, 2.75) is 13.0 Å². The second-order valence-corrected chi connectivity index (χ2v) is 8.75. The first-order chi connectivity index (χ1) is 17.9. The van der Waals surface area contributed by atoms with Crippen LogP contribution in [0.25, 0.3) is 5.76 Å². The second-order valence-electron chi connectivity index (χ2n) is 8.34. The molecule has 1 fully saturated rings. The third-order valence-electron chi connectivity index (χ3n) is 6.18. The molecule has 9 heteroatoms. The molecule has 1 saturated heterocycles. The predicted molar refractivity (Wildman–Crippen MR) is 138 cm³/mol. The zero-order valence-corrected chi connectivity index (χ0v) is 20.9. The van der Waals surface area contributed by atoms with Crippen LogP contribution in [0.5, 0.6) is 23.0 Å². The van der Waals surface area contributed by atoms with Gasteiger partial charge in [-0.25, -0.2) is 0 Å². The number of hydrogen-bond donors (Lipinski definition) is 1. The molecular formula is C28H24ClNO7. The van der Waals surface area contributed by atoms with Crippen molar-refractivity contribution < 1.29 is 33.6 Å². The number of methoxy groups -OCH3 is 1. The molecule has 0 saturated carbocycles. The predicted octanol–water partition coefficient (Wildman–Crippen LogP) is 5.14. The summed E-state index contributed by atoms with van der Waals surface area (Å²) in [5.41, 5.74) is 1.10. The maximum atomic E-state index is 13.5. The number of Topliss-reactive ketones (excluding diaryl/α,β-unsaturated/α-hetero) is 1. The Kier molecular flexibility index (Phi) is 6.67. The highest BCUT2D eigenvalue weighted by molar-refractivity contribution is 6.52. The van der Waals surface area contributed by atoms with Crippen LogP contribution >= 0.6 is 11.6 Å². The highest BCUT2D eigenvalue weighted by Gasteiger charge is 2.47. The van der Waals surface area contributed by atoms with E-state index >= 15 is 0 Å². The molecule has 0 radical (unpaired) electrons. The smallest absolute Gasteiger partial charge is 0.300 e. The Bertz CT molecular complexity index is 1400. The van der Waals surface area contributed by atoms with Crippen molar-refractivity contribution in [1.82, 2.24) is 0 Å². The fourth-order valence-electron chi connectivity index (χ4n) is 4.47. The number of hydrogen-bond acceptors (Lipinski definition) is 7. The number of aliphatic hydroxyl groups excluding tert-OH is 1. The number of carbonyl (C=O) groups is 2. The Labute approximate surface area is 218 Å². The molecule has 2 heterocycles. The van der Waals surface area contributed by atoms with Crippen molar-refractivity contribution in [2.24, 2.45) is 0 Å². The Morgan fingerprint density at radius 1 is 1.00 bits per heavy atom. The SMILES string of the molecule is CCOc1ccc(Cl)c(/C(O)=C2\C(=O)C(=O)N(c3ccc4c(c3)OCCO4)C2c2ccc(OC)cc2)c1. The minimum atomic E-state index is -0.944. The summed E-state index contributed by atoms with van der Waals surface area (Å²) in [7, 11) is 1.55. The van der Waals surface area contributed by atoms with Gasteiger partial charge in [-0.15, -0.1) is 0 Å². The molecule has 0 aromatic heterocycles. The van der Waals surface area contributed by atoms with Crippen molar-refractivity contribution in [2.75, 3.05) is 31.8 Å². The van der Waals surface area contributed by atoms with Crippen LogP contribution in [0.3, 0.4) is 0 Å². The molecule has 3 aromatic rings. The van der Waals surface area contributed by atoms with Crippen molar-refractivity contribution in [1.29, 1.82) is 0 Å². The zero-order chi connectivity index (χ0) is 26.1. The number of fused-ring (bicyclic) bond motifs is 1. The highest BCUT2D eigenvalue weighted by Crippen LogP contribution is 2.45. The standard InChI is InChI=1S/C28H24ClNO7/c1-3-35-19-9-10-21(29)20(15-19)26(31)24-25(16-4-7-18(34-2)8-5-16)30(28(33)27(24)32)17-6-11-22-23(14-17)37-13-12-36-22/h4-11,14-15,25,31H,3,12-13H2,1-2H3/b26-24+. The molecule has 1 unspecified atom stereocenters. The molecular weight excluding hydrogens is 498 g/mol. The first kappa shape index (κ1) is 24.5. The number of ketones is 1. The van der Waals surface area contributed by atoms with Gasteiger partial charge in [0.1, 0.15) is 30.5 Å². The third-order valence-corrected chi connectivity index (χ3v) is 6.51. The Morgan fingerprint density at radius 3 is 2.41 bits per heavy atom. The number of amides is 1. The number of rotatable bonds is 6. The first-order valence-corrected chi connectivity index (χ1v) is 12.1. The van der Waals surface area contributed by atoms with Gasteiger partial charge < -0.3 is 24.1 Å². The van der Waals surface area contributed by atoms with E-state index in [-0.39, 0.29) is 16.2 Å². The average molecular weight is 522 g/mol. The van der Waals surface area contributed by atoms with Crippen molar-refractivity contribution >= 4 is 34.7 Å². The zero-order valence-electron chi connectivity index (χ0n) is 20.2. The number of benzene rings is 3. The van der Waals surface area contributed by atoms with E-state index in [0.717, 1.165) is 0 Å². The molecule has 0 spiro atoms. The highest BCUT2D eigenvalue weighted by atomic mass is 35.5. The van der Waals surface area contributed by atoms with Crippen LogP contribution in [0.15, 0.2) is 66.2 Å². The maximum Gasteiger partial charge on any atom is 0.300 e. The van der Waals surface area contributed by atoms with Crippen LogP contribution in [0, 0.1) is 0 Å². The molecule has 190 valence electrons. The number of carbonyl (C=O) groups excluding carboxylic acids is 2. The van der Waals surface area contributed by atoms with E-state index in [1.165, 1.54) is 4.90 Å². The number of anilines is 1.